The van der Waals surface area contributed by atoms with Crippen LogP contribution in [0.15, 0.2) is 24.4 Å². The fourth-order valence-corrected chi connectivity index (χ4v) is 3.63. The molecule has 120 valence electrons. The molecular weight excluding hydrogens is 276 g/mol. The highest BCUT2D eigenvalue weighted by Crippen LogP contribution is 2.24. The molecule has 22 heavy (non-hydrogen) atoms. The molecule has 1 amide bonds. The summed E-state index contributed by atoms with van der Waals surface area (Å²) in [5.41, 5.74) is 0. The van der Waals surface area contributed by atoms with Crippen LogP contribution >= 0.6 is 0 Å². The number of likely N-dealkylation sites (N-methyl/N-ethyl adjacent to an activating group) is 1. The van der Waals surface area contributed by atoms with Gasteiger partial charge in [0.05, 0.1) is 5.92 Å². The maximum atomic E-state index is 12.9. The molecule has 0 aromatic carbocycles. The van der Waals surface area contributed by atoms with Gasteiger partial charge in [0.1, 0.15) is 5.82 Å². The average Bonchev–Trinajstić information content (AvgIpc) is 2.55. The molecule has 2 fully saturated rings. The number of carbonyl (C=O) groups excluding carboxylic acids is 1. The molecule has 0 spiro atoms. The molecule has 0 bridgehead atoms. The second-order valence-corrected chi connectivity index (χ2v) is 6.62. The third-order valence-electron chi connectivity index (χ3n) is 4.86. The van der Waals surface area contributed by atoms with E-state index in [2.05, 4.69) is 33.7 Å². The van der Waals surface area contributed by atoms with Gasteiger partial charge < -0.3 is 14.7 Å². The zero-order chi connectivity index (χ0) is 15.5. The molecule has 3 rings (SSSR count). The number of hydrogen-bond acceptors (Lipinski definition) is 4. The van der Waals surface area contributed by atoms with Crippen molar-refractivity contribution in [3.63, 3.8) is 0 Å². The summed E-state index contributed by atoms with van der Waals surface area (Å²) in [6.07, 6.45) is 3.89. The third kappa shape index (κ3) is 3.24. The van der Waals surface area contributed by atoms with E-state index in [1.54, 1.807) is 0 Å². The average molecular weight is 302 g/mol. The Labute approximate surface area is 132 Å². The molecule has 0 saturated carbocycles. The first-order valence-corrected chi connectivity index (χ1v) is 8.30. The molecule has 2 atom stereocenters. The number of piperidine rings is 1. The van der Waals surface area contributed by atoms with Crippen molar-refractivity contribution in [1.29, 1.82) is 0 Å². The number of hydrogen-bond donors (Lipinski definition) is 0. The molecule has 0 aliphatic carbocycles. The van der Waals surface area contributed by atoms with Crippen LogP contribution in [0.1, 0.15) is 19.8 Å². The van der Waals surface area contributed by atoms with Gasteiger partial charge in [-0.3, -0.25) is 4.79 Å². The number of carbonyl (C=O) groups is 1. The lowest BCUT2D eigenvalue weighted by molar-refractivity contribution is -0.140. The number of aromatic nitrogens is 1. The van der Waals surface area contributed by atoms with Gasteiger partial charge in [0.25, 0.3) is 0 Å². The quantitative estimate of drug-likeness (QED) is 0.829. The van der Waals surface area contributed by atoms with Crippen LogP contribution in [0.3, 0.4) is 0 Å². The number of piperazine rings is 1. The summed E-state index contributed by atoms with van der Waals surface area (Å²) in [7, 11) is 2.13. The Morgan fingerprint density at radius 3 is 2.82 bits per heavy atom. The SMILES string of the molecule is C[C@@H]1CN(C)CCN1C(=O)[C@@H]1CCCN(c2ccccn2)C1. The van der Waals surface area contributed by atoms with E-state index in [0.717, 1.165) is 51.4 Å². The lowest BCUT2D eigenvalue weighted by atomic mass is 9.95. The maximum Gasteiger partial charge on any atom is 0.227 e. The van der Waals surface area contributed by atoms with E-state index in [4.69, 9.17) is 0 Å². The van der Waals surface area contributed by atoms with Crippen molar-refractivity contribution in [1.82, 2.24) is 14.8 Å². The Bertz CT molecular complexity index is 507. The first kappa shape index (κ1) is 15.3. The molecule has 1 aromatic rings. The van der Waals surface area contributed by atoms with Crippen molar-refractivity contribution in [2.75, 3.05) is 44.7 Å². The van der Waals surface area contributed by atoms with Gasteiger partial charge in [0.15, 0.2) is 0 Å². The molecule has 1 aromatic heterocycles. The first-order valence-electron chi connectivity index (χ1n) is 8.30. The molecule has 5 nitrogen and oxygen atoms in total. The lowest BCUT2D eigenvalue weighted by Gasteiger charge is -2.42. The third-order valence-corrected chi connectivity index (χ3v) is 4.86. The van der Waals surface area contributed by atoms with Gasteiger partial charge in [-0.25, -0.2) is 4.98 Å². The Morgan fingerprint density at radius 1 is 1.23 bits per heavy atom. The fourth-order valence-electron chi connectivity index (χ4n) is 3.63. The number of anilines is 1. The number of pyridine rings is 1. The predicted molar refractivity (Wildman–Crippen MR) is 87.8 cm³/mol. The minimum atomic E-state index is 0.113. The first-order chi connectivity index (χ1) is 10.6. The van der Waals surface area contributed by atoms with Crippen LogP contribution in [-0.4, -0.2) is 66.5 Å². The van der Waals surface area contributed by atoms with E-state index < -0.39 is 0 Å². The second kappa shape index (κ2) is 6.65. The van der Waals surface area contributed by atoms with E-state index in [9.17, 15) is 4.79 Å². The molecule has 0 N–H and O–H groups in total. The Hall–Kier alpha value is -1.62. The van der Waals surface area contributed by atoms with E-state index >= 15 is 0 Å². The highest BCUT2D eigenvalue weighted by atomic mass is 16.2. The Balaban J connectivity index is 1.65. The van der Waals surface area contributed by atoms with E-state index in [0.29, 0.717) is 11.9 Å². The van der Waals surface area contributed by atoms with Gasteiger partial charge in [-0.05, 0) is 38.9 Å². The molecule has 2 aliphatic heterocycles. The Kier molecular flexibility index (Phi) is 4.62. The number of amides is 1. The van der Waals surface area contributed by atoms with Crippen molar-refractivity contribution in [2.24, 2.45) is 5.92 Å². The molecule has 0 radical (unpaired) electrons. The van der Waals surface area contributed by atoms with E-state index in [1.807, 2.05) is 24.4 Å². The fraction of sp³-hybridized carbons (Fsp3) is 0.647. The molecule has 2 aliphatic rings. The van der Waals surface area contributed by atoms with Gasteiger partial charge in [0, 0.05) is 45.0 Å². The Morgan fingerprint density at radius 2 is 2.09 bits per heavy atom. The largest absolute Gasteiger partial charge is 0.356 e. The number of rotatable bonds is 2. The summed E-state index contributed by atoms with van der Waals surface area (Å²) in [4.78, 5) is 24.0. The van der Waals surface area contributed by atoms with Crippen LogP contribution in [0.5, 0.6) is 0 Å². The molecule has 5 heteroatoms. The van der Waals surface area contributed by atoms with Gasteiger partial charge in [0.2, 0.25) is 5.91 Å². The van der Waals surface area contributed by atoms with Crippen molar-refractivity contribution < 1.29 is 4.79 Å². The monoisotopic (exact) mass is 302 g/mol. The van der Waals surface area contributed by atoms with Crippen LogP contribution < -0.4 is 4.90 Å². The van der Waals surface area contributed by atoms with Crippen LogP contribution in [-0.2, 0) is 4.79 Å². The van der Waals surface area contributed by atoms with Crippen molar-refractivity contribution in [2.45, 2.75) is 25.8 Å². The van der Waals surface area contributed by atoms with Crippen molar-refractivity contribution in [3.8, 4) is 0 Å². The topological polar surface area (TPSA) is 39.7 Å². The summed E-state index contributed by atoms with van der Waals surface area (Å²) < 4.78 is 0. The molecule has 3 heterocycles. The smallest absolute Gasteiger partial charge is 0.227 e. The van der Waals surface area contributed by atoms with E-state index in [-0.39, 0.29) is 5.92 Å². The summed E-state index contributed by atoms with van der Waals surface area (Å²) in [6, 6.07) is 6.29. The predicted octanol–water partition coefficient (Wildman–Crippen LogP) is 1.46. The summed E-state index contributed by atoms with van der Waals surface area (Å²) in [5.74, 6) is 1.44. The molecular formula is C17H26N4O. The van der Waals surface area contributed by atoms with Gasteiger partial charge >= 0.3 is 0 Å². The van der Waals surface area contributed by atoms with Crippen molar-refractivity contribution >= 4 is 11.7 Å². The summed E-state index contributed by atoms with van der Waals surface area (Å²) in [5, 5.41) is 0. The van der Waals surface area contributed by atoms with Gasteiger partial charge in [-0.15, -0.1) is 0 Å². The van der Waals surface area contributed by atoms with Gasteiger partial charge in [-0.1, -0.05) is 6.07 Å². The minimum Gasteiger partial charge on any atom is -0.356 e. The zero-order valence-corrected chi connectivity index (χ0v) is 13.6. The highest BCUT2D eigenvalue weighted by Gasteiger charge is 2.33. The summed E-state index contributed by atoms with van der Waals surface area (Å²) in [6.45, 7) is 6.77. The zero-order valence-electron chi connectivity index (χ0n) is 13.6. The van der Waals surface area contributed by atoms with Crippen LogP contribution in [0.2, 0.25) is 0 Å². The molecule has 0 unspecified atom stereocenters. The standard InChI is InChI=1S/C17H26N4O/c1-14-12-19(2)10-11-21(14)17(22)15-6-5-9-20(13-15)16-7-3-4-8-18-16/h3-4,7-8,14-15H,5-6,9-13H2,1-2H3/t14-,15-/m1/s1. The lowest BCUT2D eigenvalue weighted by Crippen LogP contribution is -2.56. The van der Waals surface area contributed by atoms with Gasteiger partial charge in [-0.2, -0.15) is 0 Å². The van der Waals surface area contributed by atoms with Crippen LogP contribution in [0.4, 0.5) is 5.82 Å². The van der Waals surface area contributed by atoms with Crippen LogP contribution in [0.25, 0.3) is 0 Å². The highest BCUT2D eigenvalue weighted by molar-refractivity contribution is 5.80. The van der Waals surface area contributed by atoms with Crippen molar-refractivity contribution in [3.05, 3.63) is 24.4 Å². The van der Waals surface area contributed by atoms with Crippen LogP contribution in [0, 0.1) is 5.92 Å². The maximum absolute atomic E-state index is 12.9. The van der Waals surface area contributed by atoms with E-state index in [1.165, 1.54) is 0 Å². The number of nitrogens with zero attached hydrogens (tertiary/aromatic N) is 4. The summed E-state index contributed by atoms with van der Waals surface area (Å²) >= 11 is 0. The normalized spacial score (nSPS) is 27.0. The second-order valence-electron chi connectivity index (χ2n) is 6.62. The minimum absolute atomic E-state index is 0.113. The molecule has 2 saturated heterocycles.